The topological polar surface area (TPSA) is 231 Å². The lowest BCUT2D eigenvalue weighted by atomic mass is 9.46. The van der Waals surface area contributed by atoms with Crippen molar-refractivity contribution >= 4 is 35.1 Å². The van der Waals surface area contributed by atoms with Gasteiger partial charge < -0.3 is 30.5 Å². The number of allylic oxidation sites excluding steroid dienone is 4. The van der Waals surface area contributed by atoms with E-state index in [0.717, 1.165) is 17.7 Å². The molecular formula is C34H40N2O12. The van der Waals surface area contributed by atoms with E-state index in [2.05, 4.69) is 5.32 Å². The summed E-state index contributed by atoms with van der Waals surface area (Å²) in [6.07, 6.45) is 3.47. The van der Waals surface area contributed by atoms with Crippen LogP contribution in [0.2, 0.25) is 0 Å². The third kappa shape index (κ3) is 6.08. The van der Waals surface area contributed by atoms with Crippen molar-refractivity contribution in [2.45, 2.75) is 82.6 Å². The van der Waals surface area contributed by atoms with Gasteiger partial charge in [0.1, 0.15) is 11.7 Å². The predicted octanol–water partition coefficient (Wildman–Crippen LogP) is 2.10. The smallest absolute Gasteiger partial charge is 0.329 e. The fraction of sp³-hybridized carbons (Fsp3) is 0.559. The first-order valence-electron chi connectivity index (χ1n) is 16.0. The molecule has 0 bridgehead atoms. The zero-order valence-electron chi connectivity index (χ0n) is 26.7. The number of nitro benzene ring substituents is 1. The Morgan fingerprint density at radius 1 is 1.17 bits per heavy atom. The molecule has 5 N–H and O–H groups in total. The number of non-ortho nitro benzene ring substituents is 1. The van der Waals surface area contributed by atoms with Gasteiger partial charge in [-0.25, -0.2) is 4.79 Å². The van der Waals surface area contributed by atoms with Gasteiger partial charge in [-0.2, -0.15) is 0 Å². The van der Waals surface area contributed by atoms with Gasteiger partial charge in [-0.05, 0) is 61.7 Å². The number of Topliss-reactive ketones (excluding diaryl/α,β-unsaturated/α-hetero) is 1. The SMILES string of the molecule is C[C@]12C=CC(=O)C=C1CC[C@@H]1[C@@H]2[C@@H](O)C[C@@]2(C)[C@H]1CC[C@]2(O)C(=O)COC(=O)CCC(=O)N[C@@H](C(=O)O)[C@@H](O)c1cccc([N+](=O)[O-])c1. The number of amides is 1. The molecule has 4 aliphatic rings. The van der Waals surface area contributed by atoms with Crippen LogP contribution < -0.4 is 5.32 Å². The minimum atomic E-state index is -1.88. The zero-order valence-corrected chi connectivity index (χ0v) is 26.7. The van der Waals surface area contributed by atoms with Gasteiger partial charge in [-0.3, -0.25) is 29.3 Å². The predicted molar refractivity (Wildman–Crippen MR) is 166 cm³/mol. The Bertz CT molecular complexity index is 1600. The highest BCUT2D eigenvalue weighted by Crippen LogP contribution is 2.67. The molecule has 48 heavy (non-hydrogen) atoms. The number of nitrogens with zero attached hydrogens (tertiary/aromatic N) is 1. The number of nitrogens with one attached hydrogen (secondary N) is 1. The van der Waals surface area contributed by atoms with E-state index in [1.54, 1.807) is 13.0 Å². The summed E-state index contributed by atoms with van der Waals surface area (Å²) in [4.78, 5) is 72.6. The molecule has 258 valence electrons. The van der Waals surface area contributed by atoms with Crippen molar-refractivity contribution < 1.29 is 54.1 Å². The number of ether oxygens (including phenoxy) is 1. The van der Waals surface area contributed by atoms with Gasteiger partial charge in [-0.1, -0.05) is 37.6 Å². The molecule has 0 unspecified atom stereocenters. The van der Waals surface area contributed by atoms with Gasteiger partial charge in [0.05, 0.1) is 17.4 Å². The van der Waals surface area contributed by atoms with Crippen LogP contribution in [0, 0.1) is 38.7 Å². The van der Waals surface area contributed by atoms with Crippen LogP contribution in [0.4, 0.5) is 5.69 Å². The zero-order chi connectivity index (χ0) is 35.2. The number of aliphatic carboxylic acids is 1. The molecule has 4 aliphatic carbocycles. The van der Waals surface area contributed by atoms with Gasteiger partial charge >= 0.3 is 11.9 Å². The molecule has 0 saturated heterocycles. The Balaban J connectivity index is 1.17. The van der Waals surface area contributed by atoms with Crippen molar-refractivity contribution in [3.05, 3.63) is 63.7 Å². The quantitative estimate of drug-likeness (QED) is 0.130. The van der Waals surface area contributed by atoms with E-state index >= 15 is 0 Å². The minimum Gasteiger partial charge on any atom is -0.480 e. The Morgan fingerprint density at radius 2 is 1.90 bits per heavy atom. The van der Waals surface area contributed by atoms with Gasteiger partial charge in [0.25, 0.3) is 5.69 Å². The summed E-state index contributed by atoms with van der Waals surface area (Å²) in [6.45, 7) is 3.06. The Hall–Kier alpha value is -4.27. The number of nitro groups is 1. The fourth-order valence-corrected chi connectivity index (χ4v) is 8.88. The number of rotatable bonds is 11. The largest absolute Gasteiger partial charge is 0.480 e. The van der Waals surface area contributed by atoms with E-state index in [-0.39, 0.29) is 47.6 Å². The Kier molecular flexibility index (Phi) is 9.47. The molecule has 0 aliphatic heterocycles. The first kappa shape index (κ1) is 35.0. The van der Waals surface area contributed by atoms with Crippen LogP contribution in [0.25, 0.3) is 0 Å². The number of benzene rings is 1. The lowest BCUT2D eigenvalue weighted by molar-refractivity contribution is -0.385. The van der Waals surface area contributed by atoms with Gasteiger partial charge in [0.2, 0.25) is 11.7 Å². The summed E-state index contributed by atoms with van der Waals surface area (Å²) in [5.41, 5.74) is -2.87. The van der Waals surface area contributed by atoms with Crippen LogP contribution in [-0.4, -0.2) is 79.1 Å². The van der Waals surface area contributed by atoms with Crippen molar-refractivity contribution in [3.63, 3.8) is 0 Å². The molecule has 3 fully saturated rings. The van der Waals surface area contributed by atoms with E-state index in [1.807, 2.05) is 13.0 Å². The molecular weight excluding hydrogens is 628 g/mol. The molecule has 0 spiro atoms. The number of carboxylic acids is 1. The molecule has 5 rings (SSSR count). The monoisotopic (exact) mass is 668 g/mol. The molecule has 1 aromatic carbocycles. The average molecular weight is 669 g/mol. The first-order valence-corrected chi connectivity index (χ1v) is 16.0. The summed E-state index contributed by atoms with van der Waals surface area (Å²) >= 11 is 0. The minimum absolute atomic E-state index is 0.00760. The maximum absolute atomic E-state index is 13.5. The molecule has 1 aromatic rings. The Labute approximate surface area is 276 Å². The fourth-order valence-electron chi connectivity index (χ4n) is 8.88. The number of carbonyl (C=O) groups is 5. The normalized spacial score (nSPS) is 33.3. The summed E-state index contributed by atoms with van der Waals surface area (Å²) in [5, 5.41) is 56.5. The first-order chi connectivity index (χ1) is 22.5. The molecule has 0 heterocycles. The number of carbonyl (C=O) groups excluding carboxylic acids is 4. The standard InChI is InChI=1S/C34H40N2O12/c1-32-12-10-21(37)15-19(32)6-7-22-23-11-13-34(45,33(23,2)16-24(38)28(22)32)25(39)17-48-27(41)9-8-26(40)35-29(31(43)44)30(42)18-4-3-5-20(14-18)36(46)47/h3-5,10,12,14-15,22-24,28-30,38,42,45H,6-9,11,13,16-17H2,1-2H3,(H,35,40)(H,43,44)/t22-,23-,24-,28+,29+,30-,32-,33-,34-/m0/s1. The molecule has 14 heteroatoms. The summed E-state index contributed by atoms with van der Waals surface area (Å²) < 4.78 is 5.12. The summed E-state index contributed by atoms with van der Waals surface area (Å²) in [5.74, 6) is -4.57. The van der Waals surface area contributed by atoms with Crippen LogP contribution in [0.15, 0.2) is 48.1 Å². The maximum atomic E-state index is 13.5. The molecule has 14 nitrogen and oxygen atoms in total. The maximum Gasteiger partial charge on any atom is 0.329 e. The Morgan fingerprint density at radius 3 is 2.58 bits per heavy atom. The van der Waals surface area contributed by atoms with Crippen LogP contribution in [0.5, 0.6) is 0 Å². The second kappa shape index (κ2) is 13.0. The van der Waals surface area contributed by atoms with E-state index in [0.29, 0.717) is 19.3 Å². The third-order valence-electron chi connectivity index (χ3n) is 11.4. The lowest BCUT2D eigenvalue weighted by Crippen LogP contribution is -2.61. The van der Waals surface area contributed by atoms with Crippen molar-refractivity contribution in [1.82, 2.24) is 5.32 Å². The number of carboxylic acid groups (broad SMARTS) is 1. The second-order valence-electron chi connectivity index (χ2n) is 13.9. The highest BCUT2D eigenvalue weighted by atomic mass is 16.6. The molecule has 3 saturated carbocycles. The number of hydrogen-bond acceptors (Lipinski definition) is 11. The van der Waals surface area contributed by atoms with Crippen molar-refractivity contribution in [2.24, 2.45) is 28.6 Å². The van der Waals surface area contributed by atoms with E-state index in [9.17, 15) is 54.5 Å². The van der Waals surface area contributed by atoms with Gasteiger partial charge in [0, 0.05) is 35.3 Å². The molecule has 9 atom stereocenters. The third-order valence-corrected chi connectivity index (χ3v) is 11.4. The van der Waals surface area contributed by atoms with Gasteiger partial charge in [0.15, 0.2) is 18.4 Å². The number of esters is 1. The number of fused-ring (bicyclic) bond motifs is 5. The van der Waals surface area contributed by atoms with Crippen LogP contribution >= 0.6 is 0 Å². The highest BCUT2D eigenvalue weighted by Gasteiger charge is 2.68. The van der Waals surface area contributed by atoms with Crippen LogP contribution in [-0.2, 0) is 28.7 Å². The van der Waals surface area contributed by atoms with Crippen molar-refractivity contribution in [1.29, 1.82) is 0 Å². The number of aliphatic hydroxyl groups is 3. The van der Waals surface area contributed by atoms with Crippen LogP contribution in [0.1, 0.15) is 70.5 Å². The molecule has 0 radical (unpaired) electrons. The lowest BCUT2D eigenvalue weighted by Gasteiger charge is -2.59. The number of ketones is 2. The summed E-state index contributed by atoms with van der Waals surface area (Å²) in [7, 11) is 0. The molecule has 0 aromatic heterocycles. The van der Waals surface area contributed by atoms with E-state index in [4.69, 9.17) is 4.74 Å². The second-order valence-corrected chi connectivity index (χ2v) is 13.9. The van der Waals surface area contributed by atoms with Crippen molar-refractivity contribution in [3.8, 4) is 0 Å². The van der Waals surface area contributed by atoms with Gasteiger partial charge in [-0.15, -0.1) is 0 Å². The van der Waals surface area contributed by atoms with Crippen molar-refractivity contribution in [2.75, 3.05) is 6.61 Å². The van der Waals surface area contributed by atoms with Crippen LogP contribution in [0.3, 0.4) is 0 Å². The highest BCUT2D eigenvalue weighted by molar-refractivity contribution is 6.01. The number of hydrogen-bond donors (Lipinski definition) is 5. The average Bonchev–Trinajstić information content (AvgIpc) is 3.31. The van der Waals surface area contributed by atoms with E-state index < -0.39 is 82.7 Å². The van der Waals surface area contributed by atoms with E-state index in [1.165, 1.54) is 18.2 Å². The summed E-state index contributed by atoms with van der Waals surface area (Å²) in [6, 6.07) is 2.78. The number of aliphatic hydroxyl groups excluding tert-OH is 2. The molecule has 1 amide bonds.